The molecule has 15 N–H and O–H groups in total. The number of hydrogen-bond donors (Lipinski definition) is 15. The SMILES string of the molecule is C[C@@H](O)[C@@H]1NC(=O)[C@H](CCCCN)NC(=O)C(Cc2c[nH]c3ccccc23)NC(=O)[C@H](Cc2ccccc2)NC(=O)[C@@H](NC(=O)[C@@H](Cc2ccccc2)NC(=O)C(CCS)S(=O)(=O)O)CSSC[C@@H](C(=O)N[C@H](CO)[C@@H](C)O)NC1=O. The average Bonchev–Trinajstić information content (AvgIpc) is 3.85. The van der Waals surface area contributed by atoms with E-state index in [0.717, 1.165) is 21.6 Å². The lowest BCUT2D eigenvalue weighted by molar-refractivity contribution is -0.136. The number of aromatic amines is 1. The van der Waals surface area contributed by atoms with Gasteiger partial charge in [-0.2, -0.15) is 21.0 Å². The van der Waals surface area contributed by atoms with Crippen molar-refractivity contribution >= 4 is 102 Å². The Morgan fingerprint density at radius 3 is 1.94 bits per heavy atom. The standard InChI is InChI=1S/C53H72N10O14S4/c1-30(65)41(27-64)60-51(72)43-29-80-79-28-42(61-48(69)39(24-33-15-7-4-8-16-33)59-52(73)44(20-22-78)81(75,76)77)50(71)57-38(23-32-13-5-3-6-14-32)47(68)58-40(25-34-26-55-36-18-10-9-17-35(34)36)49(70)56-37(19-11-12-21-54)46(67)63-45(31(2)66)53(74)62-43/h3-10,13-18,26,30-31,37-45,55,64-66,78H,11-12,19-25,27-29,54H2,1-2H3,(H,56,70)(H,57,71)(H,58,68)(H,59,73)(H,60,72)(H,61,69)(H,62,74)(H,63,67)(H,75,76,77)/t30-,31-,37+,38+,39-,40?,41-,42+,43+,44?,45+/m1/s1. The van der Waals surface area contributed by atoms with Crippen LogP contribution in [0.3, 0.4) is 0 Å². The summed E-state index contributed by atoms with van der Waals surface area (Å²) in [4.78, 5) is 118. The summed E-state index contributed by atoms with van der Waals surface area (Å²) in [5, 5.41) is 50.7. The summed E-state index contributed by atoms with van der Waals surface area (Å²) in [5.41, 5.74) is 8.15. The van der Waals surface area contributed by atoms with Crippen LogP contribution in [0.5, 0.6) is 0 Å². The summed E-state index contributed by atoms with van der Waals surface area (Å²) in [6, 6.07) is 12.0. The van der Waals surface area contributed by atoms with Gasteiger partial charge in [0.05, 0.1) is 24.9 Å². The highest BCUT2D eigenvalue weighted by molar-refractivity contribution is 8.76. The number of H-pyrrole nitrogens is 1. The highest BCUT2D eigenvalue weighted by Gasteiger charge is 2.38. The van der Waals surface area contributed by atoms with Gasteiger partial charge in [-0.3, -0.25) is 42.9 Å². The van der Waals surface area contributed by atoms with Crippen molar-refractivity contribution < 1.29 is 66.6 Å². The summed E-state index contributed by atoms with van der Waals surface area (Å²) in [7, 11) is -3.20. The second-order valence-corrected chi connectivity index (χ2v) is 24.0. The molecule has 4 aromatic rings. The van der Waals surface area contributed by atoms with Gasteiger partial charge in [-0.05, 0) is 74.6 Å². The molecule has 5 rings (SSSR count). The third-order valence-corrected chi connectivity index (χ3v) is 17.0. The average molecular weight is 1200 g/mol. The van der Waals surface area contributed by atoms with E-state index >= 15 is 0 Å². The molecule has 8 amide bonds. The van der Waals surface area contributed by atoms with E-state index in [9.17, 15) is 66.6 Å². The van der Waals surface area contributed by atoms with Gasteiger partial charge in [0, 0.05) is 47.9 Å². The molecule has 1 aliphatic heterocycles. The molecule has 0 radical (unpaired) electrons. The Balaban J connectivity index is 1.62. The Kier molecular flexibility index (Phi) is 26.2. The second-order valence-electron chi connectivity index (χ2n) is 19.4. The minimum Gasteiger partial charge on any atom is -0.394 e. The Hall–Kier alpha value is -6.24. The Bertz CT molecular complexity index is 2870. The van der Waals surface area contributed by atoms with Gasteiger partial charge in [0.15, 0.2) is 5.25 Å². The van der Waals surface area contributed by atoms with Crippen LogP contribution in [0.25, 0.3) is 10.9 Å². The molecule has 1 fully saturated rings. The molecule has 1 aromatic heterocycles. The first kappa shape index (κ1) is 65.6. The number of benzene rings is 3. The van der Waals surface area contributed by atoms with Gasteiger partial charge in [0.25, 0.3) is 10.1 Å². The number of aliphatic hydroxyl groups is 3. The largest absolute Gasteiger partial charge is 0.394 e. The molecular formula is C53H72N10O14S4. The van der Waals surface area contributed by atoms with Crippen molar-refractivity contribution in [3.63, 3.8) is 0 Å². The van der Waals surface area contributed by atoms with Crippen molar-refractivity contribution in [2.45, 2.75) is 125 Å². The molecule has 1 aliphatic rings. The number of unbranched alkanes of at least 4 members (excludes halogenated alkanes) is 1. The molecule has 1 saturated heterocycles. The predicted octanol–water partition coefficient (Wildman–Crippen LogP) is -1.07. The van der Waals surface area contributed by atoms with Crippen LogP contribution >= 0.6 is 34.2 Å². The molecule has 3 aromatic carbocycles. The van der Waals surface area contributed by atoms with E-state index in [1.807, 2.05) is 6.07 Å². The number of aromatic nitrogens is 1. The fourth-order valence-electron chi connectivity index (χ4n) is 8.62. The van der Waals surface area contributed by atoms with Crippen LogP contribution < -0.4 is 48.3 Å². The number of carbonyl (C=O) groups is 8. The van der Waals surface area contributed by atoms with Crippen LogP contribution in [0.4, 0.5) is 0 Å². The predicted molar refractivity (Wildman–Crippen MR) is 310 cm³/mol. The molecule has 0 spiro atoms. The van der Waals surface area contributed by atoms with Crippen LogP contribution in [0.15, 0.2) is 91.1 Å². The number of nitrogens with two attached hydrogens (primary N) is 1. The van der Waals surface area contributed by atoms with Gasteiger partial charge in [-0.1, -0.05) is 100 Å². The number of para-hydroxylation sites is 1. The second kappa shape index (κ2) is 32.4. The Morgan fingerprint density at radius 1 is 0.728 bits per heavy atom. The molecule has 2 heterocycles. The van der Waals surface area contributed by atoms with Crippen LogP contribution in [0, 0.1) is 0 Å². The molecule has 442 valence electrons. The normalized spacial score (nSPS) is 22.0. The summed E-state index contributed by atoms with van der Waals surface area (Å²) < 4.78 is 34.7. The monoisotopic (exact) mass is 1200 g/mol. The first-order chi connectivity index (χ1) is 38.6. The highest BCUT2D eigenvalue weighted by Crippen LogP contribution is 2.25. The molecule has 0 bridgehead atoms. The minimum absolute atomic E-state index is 0.0239. The summed E-state index contributed by atoms with van der Waals surface area (Å²) in [6.45, 7) is 2.03. The summed E-state index contributed by atoms with van der Waals surface area (Å²) >= 11 is 4.03. The Labute approximate surface area is 482 Å². The number of aliphatic hydroxyl groups excluding tert-OH is 3. The number of carbonyl (C=O) groups excluding carboxylic acids is 8. The zero-order valence-electron chi connectivity index (χ0n) is 44.6. The Morgan fingerprint density at radius 2 is 1.32 bits per heavy atom. The minimum atomic E-state index is -5.00. The topological polar surface area (TPSA) is 390 Å². The van der Waals surface area contributed by atoms with Crippen LogP contribution in [0.1, 0.15) is 56.2 Å². The van der Waals surface area contributed by atoms with E-state index in [4.69, 9.17) is 5.73 Å². The number of fused-ring (bicyclic) bond motifs is 1. The van der Waals surface area contributed by atoms with Gasteiger partial charge in [0.2, 0.25) is 47.3 Å². The number of amides is 8. The lowest BCUT2D eigenvalue weighted by Crippen LogP contribution is -2.62. The van der Waals surface area contributed by atoms with Crippen molar-refractivity contribution in [1.82, 2.24) is 47.5 Å². The first-order valence-electron chi connectivity index (χ1n) is 26.2. The molecule has 28 heteroatoms. The van der Waals surface area contributed by atoms with E-state index in [1.165, 1.54) is 13.8 Å². The number of hydrogen-bond acceptors (Lipinski definition) is 17. The quantitative estimate of drug-likeness (QED) is 0.0193. The van der Waals surface area contributed by atoms with Crippen molar-refractivity contribution in [1.29, 1.82) is 0 Å². The van der Waals surface area contributed by atoms with E-state index < -0.39 is 136 Å². The fourth-order valence-corrected chi connectivity index (χ4v) is 12.1. The molecular weight excluding hydrogens is 1130 g/mol. The van der Waals surface area contributed by atoms with Crippen molar-refractivity contribution in [3.05, 3.63) is 108 Å². The summed E-state index contributed by atoms with van der Waals surface area (Å²) in [5.74, 6) is -8.63. The molecule has 2 unspecified atom stereocenters. The lowest BCUT2D eigenvalue weighted by Gasteiger charge is -2.29. The zero-order valence-corrected chi connectivity index (χ0v) is 48.0. The first-order valence-corrected chi connectivity index (χ1v) is 30.8. The fraction of sp³-hybridized carbons (Fsp3) is 0.472. The van der Waals surface area contributed by atoms with Gasteiger partial charge in [-0.15, -0.1) is 0 Å². The molecule has 0 saturated carbocycles. The van der Waals surface area contributed by atoms with Crippen molar-refractivity contribution in [2.24, 2.45) is 5.73 Å². The van der Waals surface area contributed by atoms with Gasteiger partial charge < -0.3 is 68.6 Å². The van der Waals surface area contributed by atoms with Gasteiger partial charge in [0.1, 0.15) is 42.3 Å². The van der Waals surface area contributed by atoms with Gasteiger partial charge in [-0.25, -0.2) is 0 Å². The van der Waals surface area contributed by atoms with E-state index in [2.05, 4.69) is 60.1 Å². The summed E-state index contributed by atoms with van der Waals surface area (Å²) in [6.07, 6.45) is -1.52. The third kappa shape index (κ3) is 20.3. The van der Waals surface area contributed by atoms with E-state index in [-0.39, 0.29) is 49.5 Å². The van der Waals surface area contributed by atoms with Crippen molar-refractivity contribution in [2.75, 3.05) is 30.4 Å². The smallest absolute Gasteiger partial charge is 0.276 e. The molecule has 24 nitrogen and oxygen atoms in total. The lowest BCUT2D eigenvalue weighted by atomic mass is 10.0. The maximum absolute atomic E-state index is 14.9. The number of rotatable bonds is 22. The maximum atomic E-state index is 14.9. The maximum Gasteiger partial charge on any atom is 0.276 e. The molecule has 81 heavy (non-hydrogen) atoms. The van der Waals surface area contributed by atoms with Crippen LogP contribution in [-0.4, -0.2) is 177 Å². The number of nitrogens with one attached hydrogen (secondary N) is 9. The van der Waals surface area contributed by atoms with Crippen LogP contribution in [0.2, 0.25) is 0 Å². The van der Waals surface area contributed by atoms with Crippen LogP contribution in [-0.2, 0) is 67.7 Å². The molecule has 0 aliphatic carbocycles. The zero-order chi connectivity index (χ0) is 59.2. The number of thiol groups is 1. The van der Waals surface area contributed by atoms with Crippen molar-refractivity contribution in [3.8, 4) is 0 Å². The third-order valence-electron chi connectivity index (χ3n) is 13.2. The molecule has 11 atom stereocenters. The van der Waals surface area contributed by atoms with E-state index in [0.29, 0.717) is 40.4 Å². The van der Waals surface area contributed by atoms with E-state index in [1.54, 1.807) is 85.1 Å². The van der Waals surface area contributed by atoms with Gasteiger partial charge >= 0.3 is 0 Å². The highest BCUT2D eigenvalue weighted by atomic mass is 33.1.